The summed E-state index contributed by atoms with van der Waals surface area (Å²) < 4.78 is 46.0. The number of aliphatic hydroxyl groups is 1. The fourth-order valence-corrected chi connectivity index (χ4v) is 2.88. The highest BCUT2D eigenvalue weighted by atomic mass is 35.5. The molecule has 1 aliphatic rings. The molecule has 0 spiro atoms. The van der Waals surface area contributed by atoms with Crippen LogP contribution in [0, 0.1) is 6.92 Å². The smallest absolute Gasteiger partial charge is 0.438 e. The summed E-state index contributed by atoms with van der Waals surface area (Å²) in [7, 11) is 0. The Kier molecular flexibility index (Phi) is 5.36. The van der Waals surface area contributed by atoms with E-state index in [-0.39, 0.29) is 10.7 Å². The molecule has 1 heterocycles. The van der Waals surface area contributed by atoms with Gasteiger partial charge in [-0.1, -0.05) is 41.9 Å². The number of ether oxygens (including phenoxy) is 1. The standard InChI is InChI=1S/C19H16ClF3N2O3/c1-12-4-2-3-5-16(12)28-11-17(26)25-18(27,19(21,22)23)10-15(24-25)13-6-8-14(20)9-7-13/h2-9,27H,10-11H2,1H3/t18-/m1/s1. The molecule has 1 aliphatic heterocycles. The molecule has 148 valence electrons. The number of carbonyl (C=O) groups excluding carboxylic acids is 1. The highest BCUT2D eigenvalue weighted by Crippen LogP contribution is 2.41. The molecule has 0 unspecified atom stereocenters. The zero-order valence-electron chi connectivity index (χ0n) is 14.7. The number of hydrazone groups is 1. The van der Waals surface area contributed by atoms with E-state index in [1.807, 2.05) is 0 Å². The van der Waals surface area contributed by atoms with Gasteiger partial charge in [0.1, 0.15) is 5.75 Å². The first-order valence-electron chi connectivity index (χ1n) is 8.26. The Hall–Kier alpha value is -2.58. The predicted octanol–water partition coefficient (Wildman–Crippen LogP) is 3.91. The molecule has 28 heavy (non-hydrogen) atoms. The molecule has 0 aliphatic carbocycles. The van der Waals surface area contributed by atoms with Crippen molar-refractivity contribution in [1.29, 1.82) is 0 Å². The maximum absolute atomic E-state index is 13.6. The van der Waals surface area contributed by atoms with Crippen LogP contribution in [-0.2, 0) is 4.79 Å². The van der Waals surface area contributed by atoms with Crippen molar-refractivity contribution in [3.8, 4) is 5.75 Å². The number of halogens is 4. The lowest BCUT2D eigenvalue weighted by molar-refractivity contribution is -0.302. The van der Waals surface area contributed by atoms with Gasteiger partial charge in [0.05, 0.1) is 12.1 Å². The summed E-state index contributed by atoms with van der Waals surface area (Å²) >= 11 is 5.79. The largest absolute Gasteiger partial charge is 0.483 e. The molecule has 0 saturated heterocycles. The van der Waals surface area contributed by atoms with Crippen LogP contribution in [0.5, 0.6) is 5.75 Å². The van der Waals surface area contributed by atoms with E-state index < -0.39 is 30.8 Å². The van der Waals surface area contributed by atoms with Gasteiger partial charge < -0.3 is 9.84 Å². The number of para-hydroxylation sites is 1. The van der Waals surface area contributed by atoms with E-state index in [1.54, 1.807) is 31.2 Å². The van der Waals surface area contributed by atoms with Crippen molar-refractivity contribution in [2.24, 2.45) is 5.10 Å². The number of amides is 1. The fraction of sp³-hybridized carbons (Fsp3) is 0.263. The van der Waals surface area contributed by atoms with Crippen molar-refractivity contribution in [2.45, 2.75) is 25.2 Å². The molecule has 2 aromatic carbocycles. The Bertz CT molecular complexity index is 915. The molecule has 5 nitrogen and oxygen atoms in total. The summed E-state index contributed by atoms with van der Waals surface area (Å²) in [6, 6.07) is 12.7. The van der Waals surface area contributed by atoms with E-state index in [2.05, 4.69) is 5.10 Å². The lowest BCUT2D eigenvalue weighted by Gasteiger charge is -2.32. The van der Waals surface area contributed by atoms with Crippen molar-refractivity contribution >= 4 is 23.2 Å². The van der Waals surface area contributed by atoms with Crippen LogP contribution in [0.15, 0.2) is 53.6 Å². The number of hydrogen-bond donors (Lipinski definition) is 1. The average Bonchev–Trinajstić information content (AvgIpc) is 3.00. The van der Waals surface area contributed by atoms with Crippen LogP contribution in [0.2, 0.25) is 5.02 Å². The van der Waals surface area contributed by atoms with Crippen LogP contribution in [0.1, 0.15) is 17.5 Å². The van der Waals surface area contributed by atoms with Crippen molar-refractivity contribution in [3.63, 3.8) is 0 Å². The summed E-state index contributed by atoms with van der Waals surface area (Å²) in [5, 5.41) is 14.5. The number of alkyl halides is 3. The highest BCUT2D eigenvalue weighted by Gasteiger charge is 2.63. The van der Waals surface area contributed by atoms with Gasteiger partial charge in [0, 0.05) is 5.02 Å². The topological polar surface area (TPSA) is 62.1 Å². The Morgan fingerprint density at radius 2 is 1.89 bits per heavy atom. The second-order valence-electron chi connectivity index (χ2n) is 6.30. The number of benzene rings is 2. The van der Waals surface area contributed by atoms with Gasteiger partial charge in [-0.2, -0.15) is 23.3 Å². The Morgan fingerprint density at radius 1 is 1.25 bits per heavy atom. The minimum atomic E-state index is -5.11. The molecule has 0 fully saturated rings. The second kappa shape index (κ2) is 7.44. The van der Waals surface area contributed by atoms with Crippen LogP contribution in [0.3, 0.4) is 0 Å². The van der Waals surface area contributed by atoms with Gasteiger partial charge in [0.15, 0.2) is 6.61 Å². The van der Waals surface area contributed by atoms with Gasteiger partial charge in [0.2, 0.25) is 0 Å². The third kappa shape index (κ3) is 3.83. The first-order valence-corrected chi connectivity index (χ1v) is 8.63. The first kappa shape index (κ1) is 20.2. The molecule has 9 heteroatoms. The Labute approximate surface area is 164 Å². The quantitative estimate of drug-likeness (QED) is 0.828. The van der Waals surface area contributed by atoms with Crippen LogP contribution < -0.4 is 4.74 Å². The highest BCUT2D eigenvalue weighted by molar-refractivity contribution is 6.30. The molecule has 0 aromatic heterocycles. The van der Waals surface area contributed by atoms with Gasteiger partial charge in [-0.3, -0.25) is 4.79 Å². The third-order valence-electron chi connectivity index (χ3n) is 4.30. The fourth-order valence-electron chi connectivity index (χ4n) is 2.75. The lowest BCUT2D eigenvalue weighted by atomic mass is 10.0. The third-order valence-corrected chi connectivity index (χ3v) is 4.55. The number of hydrogen-bond acceptors (Lipinski definition) is 4. The van der Waals surface area contributed by atoms with E-state index in [0.29, 0.717) is 21.9 Å². The zero-order valence-corrected chi connectivity index (χ0v) is 15.5. The van der Waals surface area contributed by atoms with E-state index in [0.717, 1.165) is 0 Å². The molecule has 1 N–H and O–H groups in total. The molecule has 1 atom stereocenters. The normalized spacial score (nSPS) is 19.5. The maximum atomic E-state index is 13.6. The van der Waals surface area contributed by atoms with Crippen LogP contribution in [0.4, 0.5) is 13.2 Å². The molecule has 1 amide bonds. The van der Waals surface area contributed by atoms with Gasteiger partial charge in [-0.15, -0.1) is 0 Å². The zero-order chi connectivity index (χ0) is 20.5. The Balaban J connectivity index is 1.86. The summed E-state index contributed by atoms with van der Waals surface area (Å²) in [6.07, 6.45) is -6.00. The van der Waals surface area contributed by atoms with E-state index in [9.17, 15) is 23.1 Å². The number of aryl methyl sites for hydroxylation is 1. The van der Waals surface area contributed by atoms with Crippen LogP contribution >= 0.6 is 11.6 Å². The maximum Gasteiger partial charge on any atom is 0.438 e. The van der Waals surface area contributed by atoms with Crippen molar-refractivity contribution in [2.75, 3.05) is 6.61 Å². The van der Waals surface area contributed by atoms with E-state index >= 15 is 0 Å². The van der Waals surface area contributed by atoms with Crippen molar-refractivity contribution < 1.29 is 27.8 Å². The van der Waals surface area contributed by atoms with E-state index in [4.69, 9.17) is 16.3 Å². The molecule has 3 rings (SSSR count). The molecule has 0 bridgehead atoms. The molecular formula is C19H16ClF3N2O3. The van der Waals surface area contributed by atoms with Crippen molar-refractivity contribution in [3.05, 3.63) is 64.7 Å². The van der Waals surface area contributed by atoms with Gasteiger partial charge >= 0.3 is 6.18 Å². The number of nitrogens with zero attached hydrogens (tertiary/aromatic N) is 2. The second-order valence-corrected chi connectivity index (χ2v) is 6.74. The average molecular weight is 413 g/mol. The first-order chi connectivity index (χ1) is 13.1. The van der Waals surface area contributed by atoms with Gasteiger partial charge in [-0.05, 0) is 36.2 Å². The SMILES string of the molecule is Cc1ccccc1OCC(=O)N1N=C(c2ccc(Cl)cc2)C[C@@]1(O)C(F)(F)F. The Morgan fingerprint density at radius 3 is 2.50 bits per heavy atom. The monoisotopic (exact) mass is 412 g/mol. The number of rotatable bonds is 4. The summed E-state index contributed by atoms with van der Waals surface area (Å²) in [6.45, 7) is 1.03. The van der Waals surface area contributed by atoms with Crippen molar-refractivity contribution in [1.82, 2.24) is 5.01 Å². The summed E-state index contributed by atoms with van der Waals surface area (Å²) in [5.41, 5.74) is -2.50. The molecule has 0 saturated carbocycles. The summed E-state index contributed by atoms with van der Waals surface area (Å²) in [5.74, 6) is -0.764. The summed E-state index contributed by atoms with van der Waals surface area (Å²) in [4.78, 5) is 12.4. The van der Waals surface area contributed by atoms with Gasteiger partial charge in [-0.25, -0.2) is 0 Å². The minimum absolute atomic E-state index is 0.0508. The van der Waals surface area contributed by atoms with Gasteiger partial charge in [0.25, 0.3) is 11.6 Å². The minimum Gasteiger partial charge on any atom is -0.483 e. The molecule has 2 aromatic rings. The molecule has 0 radical (unpaired) electrons. The number of carbonyl (C=O) groups is 1. The van der Waals surface area contributed by atoms with Crippen LogP contribution in [0.25, 0.3) is 0 Å². The molecular weight excluding hydrogens is 397 g/mol. The predicted molar refractivity (Wildman–Crippen MR) is 97.1 cm³/mol. The van der Waals surface area contributed by atoms with E-state index in [1.165, 1.54) is 24.3 Å². The van der Waals surface area contributed by atoms with Crippen LogP contribution in [-0.4, -0.2) is 40.2 Å². The lowest BCUT2D eigenvalue weighted by Crippen LogP contribution is -2.57.